The summed E-state index contributed by atoms with van der Waals surface area (Å²) in [6.07, 6.45) is 2.41. The quantitative estimate of drug-likeness (QED) is 0.748. The van der Waals surface area contributed by atoms with Crippen LogP contribution in [0.5, 0.6) is 0 Å². The molecule has 2 heterocycles. The van der Waals surface area contributed by atoms with E-state index in [1.807, 2.05) is 32.0 Å². The number of sulfonamides is 1. The first-order valence-corrected chi connectivity index (χ1v) is 12.5. The largest absolute Gasteiger partial charge is 0.326 e. The Labute approximate surface area is 189 Å². The molecule has 170 valence electrons. The van der Waals surface area contributed by atoms with Crippen LogP contribution < -0.4 is 10.2 Å². The van der Waals surface area contributed by atoms with Gasteiger partial charge in [-0.1, -0.05) is 6.07 Å². The number of rotatable bonds is 5. The number of nitrogens with one attached hydrogen (secondary N) is 1. The molecule has 2 fully saturated rings. The Morgan fingerprint density at radius 1 is 0.969 bits per heavy atom. The molecule has 0 unspecified atom stereocenters. The van der Waals surface area contributed by atoms with E-state index in [4.69, 9.17) is 0 Å². The van der Waals surface area contributed by atoms with Gasteiger partial charge in [-0.05, 0) is 80.6 Å². The lowest BCUT2D eigenvalue weighted by Gasteiger charge is -2.30. The number of hydrogen-bond donors (Lipinski definition) is 1. The van der Waals surface area contributed by atoms with E-state index in [1.54, 1.807) is 29.2 Å². The van der Waals surface area contributed by atoms with E-state index in [0.717, 1.165) is 29.8 Å². The van der Waals surface area contributed by atoms with Crippen molar-refractivity contribution in [2.45, 2.75) is 44.4 Å². The first kappa shape index (κ1) is 22.5. The van der Waals surface area contributed by atoms with Crippen LogP contribution in [-0.4, -0.2) is 44.2 Å². The van der Waals surface area contributed by atoms with Crippen molar-refractivity contribution in [3.05, 3.63) is 53.6 Å². The molecule has 2 amide bonds. The summed E-state index contributed by atoms with van der Waals surface area (Å²) < 4.78 is 27.4. The van der Waals surface area contributed by atoms with E-state index in [1.165, 1.54) is 4.31 Å². The summed E-state index contributed by atoms with van der Waals surface area (Å²) in [5.74, 6) is -0.205. The van der Waals surface area contributed by atoms with Gasteiger partial charge in [0, 0.05) is 43.3 Å². The fourth-order valence-electron chi connectivity index (χ4n) is 4.27. The van der Waals surface area contributed by atoms with E-state index in [9.17, 15) is 18.0 Å². The average molecular weight is 456 g/mol. The summed E-state index contributed by atoms with van der Waals surface area (Å²) in [6.45, 7) is 5.23. The van der Waals surface area contributed by atoms with Gasteiger partial charge < -0.3 is 10.2 Å². The standard InChI is InChI=1S/C24H29N3O4S/c1-17-5-10-22(16-18(17)2)32(30,31)26-14-11-19(12-15-26)24(29)25-20-6-8-21(9-7-20)27-13-3-4-23(27)28/h5-10,16,19H,3-4,11-15H2,1-2H3,(H,25,29). The van der Waals surface area contributed by atoms with Crippen LogP contribution in [0.2, 0.25) is 0 Å². The zero-order valence-corrected chi connectivity index (χ0v) is 19.3. The molecular formula is C24H29N3O4S. The van der Waals surface area contributed by atoms with E-state index in [2.05, 4.69) is 5.32 Å². The topological polar surface area (TPSA) is 86.8 Å². The summed E-state index contributed by atoms with van der Waals surface area (Å²) in [4.78, 5) is 26.7. The summed E-state index contributed by atoms with van der Waals surface area (Å²) in [6, 6.07) is 12.5. The maximum absolute atomic E-state index is 13.0. The highest BCUT2D eigenvalue weighted by Gasteiger charge is 2.32. The van der Waals surface area contributed by atoms with Crippen LogP contribution in [-0.2, 0) is 19.6 Å². The monoisotopic (exact) mass is 455 g/mol. The van der Waals surface area contributed by atoms with Gasteiger partial charge in [0.2, 0.25) is 21.8 Å². The van der Waals surface area contributed by atoms with Crippen molar-refractivity contribution < 1.29 is 18.0 Å². The molecule has 4 rings (SSSR count). The first-order chi connectivity index (χ1) is 15.3. The zero-order valence-electron chi connectivity index (χ0n) is 18.5. The second-order valence-corrected chi connectivity index (χ2v) is 10.5. The number of anilines is 2. The highest BCUT2D eigenvalue weighted by Crippen LogP contribution is 2.27. The molecule has 32 heavy (non-hydrogen) atoms. The molecule has 8 heteroatoms. The molecule has 2 saturated heterocycles. The fraction of sp³-hybridized carbons (Fsp3) is 0.417. The van der Waals surface area contributed by atoms with Crippen molar-refractivity contribution in [2.24, 2.45) is 5.92 Å². The first-order valence-electron chi connectivity index (χ1n) is 11.0. The van der Waals surface area contributed by atoms with Crippen molar-refractivity contribution >= 4 is 33.2 Å². The van der Waals surface area contributed by atoms with Crippen LogP contribution in [0.3, 0.4) is 0 Å². The van der Waals surface area contributed by atoms with E-state index in [0.29, 0.717) is 42.9 Å². The van der Waals surface area contributed by atoms with Gasteiger partial charge in [0.1, 0.15) is 0 Å². The zero-order chi connectivity index (χ0) is 22.9. The molecule has 0 bridgehead atoms. The predicted molar refractivity (Wildman–Crippen MR) is 124 cm³/mol. The molecule has 0 spiro atoms. The maximum atomic E-state index is 13.0. The van der Waals surface area contributed by atoms with Gasteiger partial charge in [-0.3, -0.25) is 9.59 Å². The number of amides is 2. The molecule has 2 aliphatic rings. The van der Waals surface area contributed by atoms with Gasteiger partial charge in [0.05, 0.1) is 4.90 Å². The molecule has 0 aromatic heterocycles. The number of benzene rings is 2. The van der Waals surface area contributed by atoms with Crippen LogP contribution in [0.1, 0.15) is 36.8 Å². The molecule has 1 N–H and O–H groups in total. The Bertz CT molecular complexity index is 1120. The van der Waals surface area contributed by atoms with Gasteiger partial charge >= 0.3 is 0 Å². The van der Waals surface area contributed by atoms with Crippen molar-refractivity contribution in [3.63, 3.8) is 0 Å². The Morgan fingerprint density at radius 2 is 1.66 bits per heavy atom. The van der Waals surface area contributed by atoms with Crippen LogP contribution in [0, 0.1) is 19.8 Å². The van der Waals surface area contributed by atoms with Gasteiger partial charge in [0.25, 0.3) is 0 Å². The number of piperidine rings is 1. The van der Waals surface area contributed by atoms with Crippen LogP contribution in [0.15, 0.2) is 47.4 Å². The SMILES string of the molecule is Cc1ccc(S(=O)(=O)N2CCC(C(=O)Nc3ccc(N4CCCC4=O)cc3)CC2)cc1C. The summed E-state index contributed by atoms with van der Waals surface area (Å²) in [7, 11) is -3.56. The number of carbonyl (C=O) groups is 2. The molecule has 7 nitrogen and oxygen atoms in total. The number of hydrogen-bond acceptors (Lipinski definition) is 4. The molecule has 0 atom stereocenters. The molecule has 2 aliphatic heterocycles. The average Bonchev–Trinajstić information content (AvgIpc) is 3.22. The predicted octanol–water partition coefficient (Wildman–Crippen LogP) is 3.47. The highest BCUT2D eigenvalue weighted by molar-refractivity contribution is 7.89. The van der Waals surface area contributed by atoms with Gasteiger partial charge in [-0.25, -0.2) is 8.42 Å². The minimum atomic E-state index is -3.56. The number of nitrogens with zero attached hydrogens (tertiary/aromatic N) is 2. The maximum Gasteiger partial charge on any atom is 0.243 e. The van der Waals surface area contributed by atoms with Crippen LogP contribution >= 0.6 is 0 Å². The second kappa shape index (κ2) is 9.03. The lowest BCUT2D eigenvalue weighted by atomic mass is 9.97. The number of carbonyl (C=O) groups excluding carboxylic acids is 2. The lowest BCUT2D eigenvalue weighted by Crippen LogP contribution is -2.41. The number of aryl methyl sites for hydroxylation is 2. The van der Waals surface area contributed by atoms with Gasteiger partial charge in [-0.2, -0.15) is 4.31 Å². The lowest BCUT2D eigenvalue weighted by molar-refractivity contribution is -0.121. The Hall–Kier alpha value is -2.71. The Morgan fingerprint density at radius 3 is 2.25 bits per heavy atom. The molecule has 0 saturated carbocycles. The Balaban J connectivity index is 1.34. The van der Waals surface area contributed by atoms with Crippen LogP contribution in [0.4, 0.5) is 11.4 Å². The summed E-state index contributed by atoms with van der Waals surface area (Å²) >= 11 is 0. The second-order valence-electron chi connectivity index (χ2n) is 8.61. The third-order valence-corrected chi connectivity index (χ3v) is 8.36. The summed E-state index contributed by atoms with van der Waals surface area (Å²) in [5, 5.41) is 2.93. The van der Waals surface area contributed by atoms with E-state index in [-0.39, 0.29) is 17.7 Å². The third kappa shape index (κ3) is 4.56. The normalized spacial score (nSPS) is 18.2. The van der Waals surface area contributed by atoms with Crippen molar-refractivity contribution in [2.75, 3.05) is 29.9 Å². The van der Waals surface area contributed by atoms with Crippen molar-refractivity contribution in [1.29, 1.82) is 0 Å². The highest BCUT2D eigenvalue weighted by atomic mass is 32.2. The molecule has 2 aromatic carbocycles. The van der Waals surface area contributed by atoms with E-state index < -0.39 is 10.0 Å². The van der Waals surface area contributed by atoms with Gasteiger partial charge in [0.15, 0.2) is 0 Å². The summed E-state index contributed by atoms with van der Waals surface area (Å²) in [5.41, 5.74) is 3.52. The van der Waals surface area contributed by atoms with E-state index >= 15 is 0 Å². The third-order valence-electron chi connectivity index (χ3n) is 6.46. The smallest absolute Gasteiger partial charge is 0.243 e. The fourth-order valence-corrected chi connectivity index (χ4v) is 5.83. The molecule has 0 aliphatic carbocycles. The van der Waals surface area contributed by atoms with Crippen molar-refractivity contribution in [1.82, 2.24) is 4.31 Å². The molecule has 0 radical (unpaired) electrons. The Kier molecular flexibility index (Phi) is 6.35. The minimum Gasteiger partial charge on any atom is -0.326 e. The van der Waals surface area contributed by atoms with Gasteiger partial charge in [-0.15, -0.1) is 0 Å². The molecular weight excluding hydrogens is 426 g/mol. The van der Waals surface area contributed by atoms with Crippen LogP contribution in [0.25, 0.3) is 0 Å². The minimum absolute atomic E-state index is 0.0989. The molecule has 2 aromatic rings. The van der Waals surface area contributed by atoms with Crippen molar-refractivity contribution in [3.8, 4) is 0 Å².